The Morgan fingerprint density at radius 3 is 2.71 bits per heavy atom. The van der Waals surface area contributed by atoms with Crippen LogP contribution < -0.4 is 10.9 Å². The Kier molecular flexibility index (Phi) is 4.37. The zero-order valence-corrected chi connectivity index (χ0v) is 12.2. The molecule has 0 saturated carbocycles. The Hall–Kier alpha value is -2.21. The van der Waals surface area contributed by atoms with Crippen molar-refractivity contribution in [2.24, 2.45) is 0 Å². The zero-order valence-electron chi connectivity index (χ0n) is 12.2. The molecule has 2 N–H and O–H groups in total. The molecule has 2 heterocycles. The lowest BCUT2D eigenvalue weighted by molar-refractivity contribution is 0.0816. The summed E-state index contributed by atoms with van der Waals surface area (Å²) in [6.45, 7) is 3.59. The van der Waals surface area contributed by atoms with Crippen molar-refractivity contribution in [3.63, 3.8) is 0 Å². The fraction of sp³-hybridized carbons (Fsp3) is 0.400. The highest BCUT2D eigenvalue weighted by Gasteiger charge is 2.28. The van der Waals surface area contributed by atoms with Gasteiger partial charge < -0.3 is 10.4 Å². The van der Waals surface area contributed by atoms with Gasteiger partial charge in [-0.05, 0) is 25.0 Å². The van der Waals surface area contributed by atoms with E-state index < -0.39 is 17.0 Å². The van der Waals surface area contributed by atoms with E-state index in [1.54, 1.807) is 24.4 Å². The number of aliphatic hydroxyl groups is 1. The van der Waals surface area contributed by atoms with Gasteiger partial charge in [0, 0.05) is 12.4 Å². The van der Waals surface area contributed by atoms with Crippen LogP contribution >= 0.6 is 0 Å². The van der Waals surface area contributed by atoms with Crippen LogP contribution in [0.4, 0.5) is 0 Å². The summed E-state index contributed by atoms with van der Waals surface area (Å²) in [5.41, 5.74) is -0.672. The van der Waals surface area contributed by atoms with Gasteiger partial charge in [-0.25, -0.2) is 4.98 Å². The second kappa shape index (κ2) is 6.05. The number of pyridine rings is 1. The first-order valence-electron chi connectivity index (χ1n) is 6.96. The number of carbonyl (C=O) groups excluding carboxylic acids is 1. The van der Waals surface area contributed by atoms with Crippen LogP contribution in [0.1, 0.15) is 37.0 Å². The fourth-order valence-electron chi connectivity index (χ4n) is 2.18. The maximum Gasteiger partial charge on any atom is 0.270 e. The molecule has 0 saturated heterocycles. The van der Waals surface area contributed by atoms with Gasteiger partial charge in [0.05, 0.1) is 12.1 Å². The molecule has 0 aliphatic carbocycles. The third-order valence-corrected chi connectivity index (χ3v) is 3.89. The average Bonchev–Trinajstić information content (AvgIpc) is 2.53. The first-order chi connectivity index (χ1) is 10.1. The predicted molar refractivity (Wildman–Crippen MR) is 79.3 cm³/mol. The average molecular weight is 289 g/mol. The lowest BCUT2D eigenvalue weighted by Crippen LogP contribution is -2.51. The van der Waals surface area contributed by atoms with E-state index in [1.165, 1.54) is 10.6 Å². The van der Waals surface area contributed by atoms with Crippen molar-refractivity contribution in [1.82, 2.24) is 14.7 Å². The molecule has 6 nitrogen and oxygen atoms in total. The molecule has 0 aliphatic rings. The molecule has 2 aromatic rings. The van der Waals surface area contributed by atoms with Crippen LogP contribution in [0.15, 0.2) is 35.4 Å². The normalized spacial score (nSPS) is 11.6. The number of aromatic nitrogens is 2. The Morgan fingerprint density at radius 1 is 1.38 bits per heavy atom. The van der Waals surface area contributed by atoms with Gasteiger partial charge >= 0.3 is 0 Å². The molecule has 0 fully saturated rings. The van der Waals surface area contributed by atoms with E-state index >= 15 is 0 Å². The number of rotatable bonds is 5. The summed E-state index contributed by atoms with van der Waals surface area (Å²) in [5.74, 6) is -0.511. The van der Waals surface area contributed by atoms with Crippen molar-refractivity contribution in [3.8, 4) is 0 Å². The smallest absolute Gasteiger partial charge is 0.270 e. The van der Waals surface area contributed by atoms with Gasteiger partial charge in [0.25, 0.3) is 11.5 Å². The molecule has 2 rings (SSSR count). The van der Waals surface area contributed by atoms with Crippen LogP contribution in [0, 0.1) is 0 Å². The van der Waals surface area contributed by atoms with Crippen molar-refractivity contribution in [2.45, 2.75) is 32.2 Å². The highest BCUT2D eigenvalue weighted by molar-refractivity contribution is 5.94. The maximum absolute atomic E-state index is 12.3. The Balaban J connectivity index is 2.40. The number of amides is 1. The number of nitrogens with one attached hydrogen (secondary N) is 1. The van der Waals surface area contributed by atoms with E-state index in [0.717, 1.165) is 0 Å². The van der Waals surface area contributed by atoms with E-state index in [-0.39, 0.29) is 12.2 Å². The largest absolute Gasteiger partial charge is 0.394 e. The highest BCUT2D eigenvalue weighted by atomic mass is 16.3. The number of aliphatic hydroxyl groups excluding tert-OH is 1. The van der Waals surface area contributed by atoms with Crippen molar-refractivity contribution >= 4 is 11.6 Å². The topological polar surface area (TPSA) is 83.7 Å². The second-order valence-electron chi connectivity index (χ2n) is 5.01. The summed E-state index contributed by atoms with van der Waals surface area (Å²) < 4.78 is 1.33. The Labute approximate surface area is 122 Å². The summed E-state index contributed by atoms with van der Waals surface area (Å²) in [5, 5.41) is 12.3. The van der Waals surface area contributed by atoms with E-state index in [0.29, 0.717) is 18.5 Å². The van der Waals surface area contributed by atoms with Crippen molar-refractivity contribution in [3.05, 3.63) is 46.5 Å². The molecule has 2 aromatic heterocycles. The van der Waals surface area contributed by atoms with Gasteiger partial charge in [-0.1, -0.05) is 19.9 Å². The Morgan fingerprint density at radius 2 is 2.10 bits per heavy atom. The lowest BCUT2D eigenvalue weighted by atomic mass is 9.93. The highest BCUT2D eigenvalue weighted by Crippen LogP contribution is 2.14. The molecule has 6 heteroatoms. The van der Waals surface area contributed by atoms with Crippen molar-refractivity contribution < 1.29 is 9.90 Å². The fourth-order valence-corrected chi connectivity index (χ4v) is 2.18. The molecule has 112 valence electrons. The minimum absolute atomic E-state index is 0.0292. The van der Waals surface area contributed by atoms with Crippen molar-refractivity contribution in [1.29, 1.82) is 0 Å². The maximum atomic E-state index is 12.3. The van der Waals surface area contributed by atoms with E-state index in [9.17, 15) is 14.7 Å². The summed E-state index contributed by atoms with van der Waals surface area (Å²) in [7, 11) is 0. The van der Waals surface area contributed by atoms with Crippen LogP contribution in [0.2, 0.25) is 0 Å². The molecule has 0 spiro atoms. The predicted octanol–water partition coefficient (Wildman–Crippen LogP) is 0.975. The first kappa shape index (κ1) is 15.2. The van der Waals surface area contributed by atoms with E-state index in [1.807, 2.05) is 13.8 Å². The molecule has 0 atom stereocenters. The number of hydrogen-bond acceptors (Lipinski definition) is 4. The quantitative estimate of drug-likeness (QED) is 0.859. The molecule has 0 unspecified atom stereocenters. The van der Waals surface area contributed by atoms with Gasteiger partial charge in [0.15, 0.2) is 0 Å². The second-order valence-corrected chi connectivity index (χ2v) is 5.01. The van der Waals surface area contributed by atoms with Gasteiger partial charge in [-0.15, -0.1) is 0 Å². The van der Waals surface area contributed by atoms with Crippen LogP contribution in [0.3, 0.4) is 0 Å². The molecule has 1 amide bonds. The van der Waals surface area contributed by atoms with Crippen LogP contribution in [-0.4, -0.2) is 32.5 Å². The number of carbonyl (C=O) groups is 1. The van der Waals surface area contributed by atoms with E-state index in [2.05, 4.69) is 10.3 Å². The van der Waals surface area contributed by atoms with Crippen molar-refractivity contribution in [2.75, 3.05) is 6.61 Å². The van der Waals surface area contributed by atoms with E-state index in [4.69, 9.17) is 0 Å². The van der Waals surface area contributed by atoms with Crippen LogP contribution in [0.5, 0.6) is 0 Å². The van der Waals surface area contributed by atoms with Crippen LogP contribution in [-0.2, 0) is 0 Å². The monoisotopic (exact) mass is 289 g/mol. The molecule has 0 bridgehead atoms. The molecule has 0 aromatic carbocycles. The molecular weight excluding hydrogens is 270 g/mol. The molecule has 21 heavy (non-hydrogen) atoms. The summed E-state index contributed by atoms with van der Waals surface area (Å²) in [4.78, 5) is 28.8. The summed E-state index contributed by atoms with van der Waals surface area (Å²) in [6, 6.07) is 5.17. The standard InChI is InChI=1S/C15H19N3O3/c1-3-15(4-2,10-19)17-13(20)11-9-16-12-7-5-6-8-18(12)14(11)21/h5-9,19H,3-4,10H2,1-2H3,(H,17,20). The van der Waals surface area contributed by atoms with Gasteiger partial charge in [0.1, 0.15) is 11.2 Å². The minimum atomic E-state index is -0.708. The Bertz CT molecular complexity index is 696. The third kappa shape index (κ3) is 2.80. The molecular formula is C15H19N3O3. The zero-order chi connectivity index (χ0) is 15.5. The van der Waals surface area contributed by atoms with Gasteiger partial charge in [-0.3, -0.25) is 14.0 Å². The SMILES string of the molecule is CCC(CC)(CO)NC(=O)c1cnc2ccccn2c1=O. The summed E-state index contributed by atoms with van der Waals surface area (Å²) >= 11 is 0. The lowest BCUT2D eigenvalue weighted by Gasteiger charge is -2.30. The van der Waals surface area contributed by atoms with Crippen LogP contribution in [0.25, 0.3) is 5.65 Å². The number of nitrogens with zero attached hydrogens (tertiary/aromatic N) is 2. The minimum Gasteiger partial charge on any atom is -0.394 e. The first-order valence-corrected chi connectivity index (χ1v) is 6.96. The summed E-state index contributed by atoms with van der Waals surface area (Å²) in [6.07, 6.45) is 4.00. The van der Waals surface area contributed by atoms with Gasteiger partial charge in [0.2, 0.25) is 0 Å². The molecule has 0 radical (unpaired) electrons. The number of hydrogen-bond donors (Lipinski definition) is 2. The third-order valence-electron chi connectivity index (χ3n) is 3.89. The molecule has 0 aliphatic heterocycles. The van der Waals surface area contributed by atoms with Gasteiger partial charge in [-0.2, -0.15) is 0 Å². The number of fused-ring (bicyclic) bond motifs is 1.